The molecule has 1 aliphatic carbocycles. The molecule has 1 saturated carbocycles. The van der Waals surface area contributed by atoms with Crippen molar-refractivity contribution < 1.29 is 19.1 Å². The minimum atomic E-state index is -0.263. The predicted octanol–water partition coefficient (Wildman–Crippen LogP) is 3.70. The summed E-state index contributed by atoms with van der Waals surface area (Å²) in [6.07, 6.45) is 4.82. The zero-order chi connectivity index (χ0) is 21.0. The van der Waals surface area contributed by atoms with E-state index >= 15 is 0 Å². The molecular formula is C23H34N2O4. The molecule has 2 aliphatic rings. The summed E-state index contributed by atoms with van der Waals surface area (Å²) in [5.74, 6) is 1.60. The first-order valence-electron chi connectivity index (χ1n) is 10.8. The second-order valence-corrected chi connectivity index (χ2v) is 8.73. The molecule has 6 nitrogen and oxygen atoms in total. The largest absolute Gasteiger partial charge is 0.493 e. The third kappa shape index (κ3) is 5.22. The lowest BCUT2D eigenvalue weighted by atomic mass is 10.0. The van der Waals surface area contributed by atoms with Gasteiger partial charge in [-0.2, -0.15) is 0 Å². The lowest BCUT2D eigenvalue weighted by molar-refractivity contribution is -0.130. The minimum Gasteiger partial charge on any atom is -0.493 e. The maximum absolute atomic E-state index is 12.8. The number of methoxy groups -OCH3 is 1. The fourth-order valence-electron chi connectivity index (χ4n) is 4.22. The van der Waals surface area contributed by atoms with Gasteiger partial charge in [0.2, 0.25) is 11.8 Å². The van der Waals surface area contributed by atoms with Crippen molar-refractivity contribution in [2.75, 3.05) is 20.3 Å². The van der Waals surface area contributed by atoms with Crippen molar-refractivity contribution in [3.63, 3.8) is 0 Å². The Hall–Kier alpha value is -2.24. The molecule has 29 heavy (non-hydrogen) atoms. The molecule has 1 saturated heterocycles. The van der Waals surface area contributed by atoms with Gasteiger partial charge in [-0.1, -0.05) is 32.8 Å². The number of benzene rings is 1. The minimum absolute atomic E-state index is 0.0505. The van der Waals surface area contributed by atoms with Crippen LogP contribution < -0.4 is 14.8 Å². The van der Waals surface area contributed by atoms with Crippen LogP contribution in [0.25, 0.3) is 0 Å². The van der Waals surface area contributed by atoms with Crippen LogP contribution in [0.5, 0.6) is 11.5 Å². The Kier molecular flexibility index (Phi) is 7.04. The molecule has 160 valence electrons. The predicted molar refractivity (Wildman–Crippen MR) is 112 cm³/mol. The van der Waals surface area contributed by atoms with Crippen molar-refractivity contribution in [1.82, 2.24) is 10.2 Å². The van der Waals surface area contributed by atoms with Gasteiger partial charge >= 0.3 is 0 Å². The second-order valence-electron chi connectivity index (χ2n) is 8.73. The maximum atomic E-state index is 12.8. The molecule has 2 fully saturated rings. The van der Waals surface area contributed by atoms with E-state index in [4.69, 9.17) is 9.47 Å². The first kappa shape index (κ1) is 21.5. The fraction of sp³-hybridized carbons (Fsp3) is 0.652. The average molecular weight is 403 g/mol. The van der Waals surface area contributed by atoms with Gasteiger partial charge in [0, 0.05) is 19.0 Å². The summed E-state index contributed by atoms with van der Waals surface area (Å²) in [6, 6.07) is 5.91. The van der Waals surface area contributed by atoms with Crippen LogP contribution in [0.1, 0.15) is 64.5 Å². The Labute approximate surface area is 173 Å². The van der Waals surface area contributed by atoms with Crippen molar-refractivity contribution in [2.45, 2.75) is 65.0 Å². The normalized spacial score (nSPS) is 20.9. The molecule has 3 rings (SSSR count). The molecule has 2 unspecified atom stereocenters. The van der Waals surface area contributed by atoms with Crippen LogP contribution in [-0.4, -0.2) is 43.0 Å². The van der Waals surface area contributed by atoms with Crippen molar-refractivity contribution >= 4 is 11.8 Å². The highest BCUT2D eigenvalue weighted by Crippen LogP contribution is 2.32. The number of nitrogens with zero attached hydrogens (tertiary/aromatic N) is 1. The number of carbonyl (C=O) groups is 2. The summed E-state index contributed by atoms with van der Waals surface area (Å²) in [7, 11) is 1.62. The second kappa shape index (κ2) is 9.51. The van der Waals surface area contributed by atoms with E-state index in [-0.39, 0.29) is 23.8 Å². The van der Waals surface area contributed by atoms with Crippen LogP contribution in [-0.2, 0) is 9.59 Å². The van der Waals surface area contributed by atoms with Gasteiger partial charge in [-0.25, -0.2) is 0 Å². The monoisotopic (exact) mass is 402 g/mol. The van der Waals surface area contributed by atoms with Crippen LogP contribution >= 0.6 is 0 Å². The third-order valence-electron chi connectivity index (χ3n) is 5.91. The number of likely N-dealkylation sites (tertiary alicyclic amines) is 1. The van der Waals surface area contributed by atoms with Gasteiger partial charge in [0.05, 0.1) is 25.7 Å². The van der Waals surface area contributed by atoms with Crippen LogP contribution in [0.3, 0.4) is 0 Å². The van der Waals surface area contributed by atoms with Gasteiger partial charge < -0.3 is 19.7 Å². The lowest BCUT2D eigenvalue weighted by Crippen LogP contribution is -2.37. The number of amides is 2. The van der Waals surface area contributed by atoms with Crippen molar-refractivity contribution in [1.29, 1.82) is 0 Å². The molecule has 1 aliphatic heterocycles. The average Bonchev–Trinajstić information content (AvgIpc) is 3.35. The molecule has 0 spiro atoms. The molecule has 1 aromatic rings. The Morgan fingerprint density at radius 1 is 1.21 bits per heavy atom. The highest BCUT2D eigenvalue weighted by molar-refractivity contribution is 5.89. The summed E-state index contributed by atoms with van der Waals surface area (Å²) in [5, 5.41) is 3.08. The third-order valence-corrected chi connectivity index (χ3v) is 5.91. The summed E-state index contributed by atoms with van der Waals surface area (Å²) in [5.41, 5.74) is 0.948. The van der Waals surface area contributed by atoms with E-state index in [0.717, 1.165) is 18.4 Å². The van der Waals surface area contributed by atoms with Crippen LogP contribution in [0.4, 0.5) is 0 Å². The Balaban J connectivity index is 1.60. The van der Waals surface area contributed by atoms with Crippen LogP contribution in [0.15, 0.2) is 18.2 Å². The van der Waals surface area contributed by atoms with Crippen LogP contribution in [0.2, 0.25) is 0 Å². The van der Waals surface area contributed by atoms with Gasteiger partial charge in [0.1, 0.15) is 0 Å². The highest BCUT2D eigenvalue weighted by Gasteiger charge is 2.38. The highest BCUT2D eigenvalue weighted by atomic mass is 16.5. The molecule has 0 radical (unpaired) electrons. The molecule has 1 aromatic carbocycles. The molecular weight excluding hydrogens is 368 g/mol. The molecule has 2 atom stereocenters. The summed E-state index contributed by atoms with van der Waals surface area (Å²) < 4.78 is 11.3. The van der Waals surface area contributed by atoms with Gasteiger partial charge in [-0.3, -0.25) is 9.59 Å². The molecule has 0 aromatic heterocycles. The topological polar surface area (TPSA) is 67.9 Å². The van der Waals surface area contributed by atoms with E-state index in [9.17, 15) is 9.59 Å². The van der Waals surface area contributed by atoms with E-state index in [0.29, 0.717) is 43.0 Å². The molecule has 1 N–H and O–H groups in total. The molecule has 2 amide bonds. The number of hydrogen-bond donors (Lipinski definition) is 1. The first-order chi connectivity index (χ1) is 13.9. The number of rotatable bonds is 8. The number of nitrogens with one attached hydrogen (secondary N) is 1. The van der Waals surface area contributed by atoms with Gasteiger partial charge in [0.15, 0.2) is 11.5 Å². The van der Waals surface area contributed by atoms with Gasteiger partial charge in [-0.15, -0.1) is 0 Å². The molecule has 6 heteroatoms. The first-order valence-corrected chi connectivity index (χ1v) is 10.8. The van der Waals surface area contributed by atoms with E-state index in [1.165, 1.54) is 12.8 Å². The van der Waals surface area contributed by atoms with Crippen molar-refractivity contribution in [3.05, 3.63) is 23.8 Å². The molecule has 0 bridgehead atoms. The molecule has 1 heterocycles. The Morgan fingerprint density at radius 3 is 2.59 bits per heavy atom. The Morgan fingerprint density at radius 2 is 1.93 bits per heavy atom. The lowest BCUT2D eigenvalue weighted by Gasteiger charge is -2.24. The summed E-state index contributed by atoms with van der Waals surface area (Å²) in [6.45, 7) is 7.31. The SMILES string of the molecule is COc1cc(C(C)NC(=O)C2CC(=O)N(C3CCCC3)C2)ccc1OCC(C)C. The van der Waals surface area contributed by atoms with Crippen molar-refractivity contribution in [3.8, 4) is 11.5 Å². The smallest absolute Gasteiger partial charge is 0.225 e. The standard InChI is InChI=1S/C23H34N2O4/c1-15(2)14-29-20-10-9-17(11-21(20)28-4)16(3)24-23(27)18-12-22(26)25(13-18)19-7-5-6-8-19/h9-11,15-16,18-19H,5-8,12-14H2,1-4H3,(H,24,27). The van der Waals surface area contributed by atoms with E-state index < -0.39 is 0 Å². The zero-order valence-corrected chi connectivity index (χ0v) is 18.1. The summed E-state index contributed by atoms with van der Waals surface area (Å²) in [4.78, 5) is 27.1. The van der Waals surface area contributed by atoms with Crippen molar-refractivity contribution in [2.24, 2.45) is 11.8 Å². The van der Waals surface area contributed by atoms with E-state index in [2.05, 4.69) is 19.2 Å². The fourth-order valence-corrected chi connectivity index (χ4v) is 4.22. The summed E-state index contributed by atoms with van der Waals surface area (Å²) >= 11 is 0. The quantitative estimate of drug-likeness (QED) is 0.720. The maximum Gasteiger partial charge on any atom is 0.225 e. The van der Waals surface area contributed by atoms with Gasteiger partial charge in [0.25, 0.3) is 0 Å². The number of hydrogen-bond acceptors (Lipinski definition) is 4. The van der Waals surface area contributed by atoms with Gasteiger partial charge in [-0.05, 0) is 43.4 Å². The number of carbonyl (C=O) groups excluding carboxylic acids is 2. The van der Waals surface area contributed by atoms with E-state index in [1.807, 2.05) is 30.0 Å². The van der Waals surface area contributed by atoms with E-state index in [1.54, 1.807) is 7.11 Å². The number of ether oxygens (including phenoxy) is 2. The van der Waals surface area contributed by atoms with Crippen LogP contribution in [0, 0.1) is 11.8 Å². The Bertz CT molecular complexity index is 728. The zero-order valence-electron chi connectivity index (χ0n) is 18.1.